The number of hydrogen-bond acceptors (Lipinski definition) is 2. The summed E-state index contributed by atoms with van der Waals surface area (Å²) >= 11 is 3.55. The number of anilines is 1. The molecule has 0 amide bonds. The average Bonchev–Trinajstić information content (AvgIpc) is 3.14. The van der Waals surface area contributed by atoms with E-state index in [1.165, 1.54) is 18.5 Å². The van der Waals surface area contributed by atoms with Crippen LogP contribution in [0.5, 0.6) is 0 Å². The lowest BCUT2D eigenvalue weighted by Gasteiger charge is -2.24. The fourth-order valence-electron chi connectivity index (χ4n) is 2.11. The summed E-state index contributed by atoms with van der Waals surface area (Å²) in [5.74, 6) is 0.948. The number of likely N-dealkylation sites (N-methyl/N-ethyl adjacent to an activating group) is 1. The van der Waals surface area contributed by atoms with Crippen LogP contribution in [0, 0.1) is 5.92 Å². The summed E-state index contributed by atoms with van der Waals surface area (Å²) in [6.07, 6.45) is 2.84. The molecule has 0 spiro atoms. The second-order valence-electron chi connectivity index (χ2n) is 4.97. The molecule has 1 fully saturated rings. The van der Waals surface area contributed by atoms with Gasteiger partial charge >= 0.3 is 0 Å². The van der Waals surface area contributed by atoms with E-state index < -0.39 is 0 Å². The Kier molecular flexibility index (Phi) is 4.46. The van der Waals surface area contributed by atoms with Crippen molar-refractivity contribution < 1.29 is 0 Å². The maximum absolute atomic E-state index is 3.55. The van der Waals surface area contributed by atoms with Crippen molar-refractivity contribution in [2.24, 2.45) is 5.92 Å². The molecule has 3 heteroatoms. The fourth-order valence-corrected chi connectivity index (χ4v) is 2.54. The molecule has 1 aromatic carbocycles. The fraction of sp³-hybridized carbons (Fsp3) is 0.571. The molecule has 1 aromatic rings. The third-order valence-electron chi connectivity index (χ3n) is 3.65. The lowest BCUT2D eigenvalue weighted by Crippen LogP contribution is -2.34. The molecule has 0 saturated heterocycles. The van der Waals surface area contributed by atoms with E-state index in [0.717, 1.165) is 29.5 Å². The quantitative estimate of drug-likeness (QED) is 0.863. The normalized spacial score (nSPS) is 17.2. The Hall–Kier alpha value is -0.540. The van der Waals surface area contributed by atoms with Gasteiger partial charge in [-0.25, -0.2) is 0 Å². The van der Waals surface area contributed by atoms with Gasteiger partial charge in [-0.2, -0.15) is 0 Å². The van der Waals surface area contributed by atoms with Crippen LogP contribution >= 0.6 is 15.9 Å². The van der Waals surface area contributed by atoms with E-state index in [1.54, 1.807) is 0 Å². The summed E-state index contributed by atoms with van der Waals surface area (Å²) in [6.45, 7) is 4.44. The van der Waals surface area contributed by atoms with Gasteiger partial charge in [0.25, 0.3) is 0 Å². The van der Waals surface area contributed by atoms with Crippen molar-refractivity contribution in [3.8, 4) is 0 Å². The van der Waals surface area contributed by atoms with Crippen LogP contribution in [-0.4, -0.2) is 31.1 Å². The summed E-state index contributed by atoms with van der Waals surface area (Å²) in [4.78, 5) is 2.46. The molecular weight excluding hydrogens is 276 g/mol. The smallest absolute Gasteiger partial charge is 0.0485 e. The number of hydrogen-bond donors (Lipinski definition) is 1. The SMILES string of the molecule is CC(C1CC1)N(C)CCNc1ccccc1Br. The van der Waals surface area contributed by atoms with Gasteiger partial charge in [-0.15, -0.1) is 0 Å². The Morgan fingerprint density at radius 1 is 1.41 bits per heavy atom. The highest BCUT2D eigenvalue weighted by atomic mass is 79.9. The Morgan fingerprint density at radius 2 is 2.12 bits per heavy atom. The molecule has 1 atom stereocenters. The number of para-hydroxylation sites is 1. The van der Waals surface area contributed by atoms with Crippen molar-refractivity contribution in [3.05, 3.63) is 28.7 Å². The highest BCUT2D eigenvalue weighted by Crippen LogP contribution is 2.34. The largest absolute Gasteiger partial charge is 0.383 e. The predicted molar refractivity (Wildman–Crippen MR) is 77.4 cm³/mol. The molecule has 1 aliphatic carbocycles. The zero-order chi connectivity index (χ0) is 12.3. The third kappa shape index (κ3) is 3.71. The molecule has 2 rings (SSSR count). The summed E-state index contributed by atoms with van der Waals surface area (Å²) < 4.78 is 1.14. The van der Waals surface area contributed by atoms with Crippen molar-refractivity contribution >= 4 is 21.6 Å². The summed E-state index contributed by atoms with van der Waals surface area (Å²) in [5, 5.41) is 3.47. The lowest BCUT2D eigenvalue weighted by atomic mass is 10.2. The number of rotatable bonds is 6. The zero-order valence-corrected chi connectivity index (χ0v) is 12.2. The van der Waals surface area contributed by atoms with E-state index in [4.69, 9.17) is 0 Å². The first-order valence-electron chi connectivity index (χ1n) is 6.37. The molecular formula is C14H21BrN2. The summed E-state index contributed by atoms with van der Waals surface area (Å²) in [6, 6.07) is 9.00. The molecule has 1 N–H and O–H groups in total. The van der Waals surface area contributed by atoms with E-state index in [2.05, 4.69) is 58.3 Å². The van der Waals surface area contributed by atoms with Gasteiger partial charge in [0.05, 0.1) is 0 Å². The molecule has 0 bridgehead atoms. The molecule has 0 heterocycles. The molecule has 2 nitrogen and oxygen atoms in total. The molecule has 1 unspecified atom stereocenters. The van der Waals surface area contributed by atoms with Crippen LogP contribution in [0.1, 0.15) is 19.8 Å². The van der Waals surface area contributed by atoms with Gasteiger partial charge in [0.1, 0.15) is 0 Å². The molecule has 17 heavy (non-hydrogen) atoms. The first-order valence-corrected chi connectivity index (χ1v) is 7.16. The van der Waals surface area contributed by atoms with E-state index in [-0.39, 0.29) is 0 Å². The highest BCUT2D eigenvalue weighted by molar-refractivity contribution is 9.10. The Labute approximate surface area is 113 Å². The number of benzene rings is 1. The van der Waals surface area contributed by atoms with Gasteiger partial charge in [-0.05, 0) is 60.8 Å². The molecule has 1 aliphatic rings. The second-order valence-corrected chi connectivity index (χ2v) is 5.82. The Bertz CT molecular complexity index is 363. The zero-order valence-electron chi connectivity index (χ0n) is 10.6. The number of halogens is 1. The molecule has 0 aromatic heterocycles. The van der Waals surface area contributed by atoms with Crippen LogP contribution in [0.2, 0.25) is 0 Å². The van der Waals surface area contributed by atoms with Crippen LogP contribution in [-0.2, 0) is 0 Å². The summed E-state index contributed by atoms with van der Waals surface area (Å²) in [5.41, 5.74) is 1.18. The highest BCUT2D eigenvalue weighted by Gasteiger charge is 2.29. The molecule has 94 valence electrons. The molecule has 0 aliphatic heterocycles. The van der Waals surface area contributed by atoms with Crippen LogP contribution < -0.4 is 5.32 Å². The number of nitrogens with one attached hydrogen (secondary N) is 1. The third-order valence-corrected chi connectivity index (χ3v) is 4.34. The lowest BCUT2D eigenvalue weighted by molar-refractivity contribution is 0.243. The van der Waals surface area contributed by atoms with Gasteiger partial charge in [0, 0.05) is 29.3 Å². The summed E-state index contributed by atoms with van der Waals surface area (Å²) in [7, 11) is 2.23. The van der Waals surface area contributed by atoms with Crippen molar-refractivity contribution in [3.63, 3.8) is 0 Å². The first-order chi connectivity index (χ1) is 8.18. The Morgan fingerprint density at radius 3 is 2.76 bits per heavy atom. The van der Waals surface area contributed by atoms with E-state index >= 15 is 0 Å². The van der Waals surface area contributed by atoms with Gasteiger partial charge in [-0.3, -0.25) is 0 Å². The molecule has 0 radical (unpaired) electrons. The average molecular weight is 297 g/mol. The minimum atomic E-state index is 0.732. The van der Waals surface area contributed by atoms with Crippen LogP contribution in [0.25, 0.3) is 0 Å². The number of nitrogens with zero attached hydrogens (tertiary/aromatic N) is 1. The van der Waals surface area contributed by atoms with Gasteiger partial charge in [-0.1, -0.05) is 12.1 Å². The topological polar surface area (TPSA) is 15.3 Å². The van der Waals surface area contributed by atoms with E-state index in [9.17, 15) is 0 Å². The van der Waals surface area contributed by atoms with Crippen LogP contribution in [0.3, 0.4) is 0 Å². The van der Waals surface area contributed by atoms with Crippen molar-refractivity contribution in [2.45, 2.75) is 25.8 Å². The van der Waals surface area contributed by atoms with Crippen molar-refractivity contribution in [1.82, 2.24) is 4.90 Å². The van der Waals surface area contributed by atoms with Gasteiger partial charge < -0.3 is 10.2 Å². The standard InChI is InChI=1S/C14H21BrN2/c1-11(12-7-8-12)17(2)10-9-16-14-6-4-3-5-13(14)15/h3-6,11-12,16H,7-10H2,1-2H3. The van der Waals surface area contributed by atoms with Crippen molar-refractivity contribution in [2.75, 3.05) is 25.5 Å². The predicted octanol–water partition coefficient (Wildman–Crippen LogP) is 3.59. The van der Waals surface area contributed by atoms with E-state index in [1.807, 2.05) is 6.07 Å². The minimum absolute atomic E-state index is 0.732. The van der Waals surface area contributed by atoms with Gasteiger partial charge in [0.15, 0.2) is 0 Å². The van der Waals surface area contributed by atoms with Crippen LogP contribution in [0.15, 0.2) is 28.7 Å². The minimum Gasteiger partial charge on any atom is -0.383 e. The maximum atomic E-state index is 3.55. The second kappa shape index (κ2) is 5.87. The van der Waals surface area contributed by atoms with E-state index in [0.29, 0.717) is 0 Å². The first kappa shape index (κ1) is 12.9. The van der Waals surface area contributed by atoms with Crippen molar-refractivity contribution in [1.29, 1.82) is 0 Å². The Balaban J connectivity index is 1.73. The monoisotopic (exact) mass is 296 g/mol. The van der Waals surface area contributed by atoms with Crippen LogP contribution in [0.4, 0.5) is 5.69 Å². The maximum Gasteiger partial charge on any atom is 0.0485 e. The van der Waals surface area contributed by atoms with Gasteiger partial charge in [0.2, 0.25) is 0 Å². The molecule has 1 saturated carbocycles.